The molecule has 0 aliphatic carbocycles. The third-order valence-electron chi connectivity index (χ3n) is 4.94. The van der Waals surface area contributed by atoms with Crippen LogP contribution in [-0.4, -0.2) is 41.0 Å². The molecule has 0 aliphatic rings. The number of rotatable bonds is 11. The number of phenolic OH excluding ortho intramolecular Hbond substituents is 2. The molecule has 2 atom stereocenters. The zero-order valence-corrected chi connectivity index (χ0v) is 17.8. The molecule has 0 aliphatic heterocycles. The van der Waals surface area contributed by atoms with Gasteiger partial charge >= 0.3 is 5.97 Å². The maximum atomic E-state index is 12.5. The van der Waals surface area contributed by atoms with Crippen LogP contribution in [0.5, 0.6) is 11.5 Å². The molecular formula is C20H32O7S. The molecule has 0 radical (unpaired) electrons. The summed E-state index contributed by atoms with van der Waals surface area (Å²) in [6.45, 7) is 7.43. The second-order valence-electron chi connectivity index (χ2n) is 7.80. The number of hydrogen-bond acceptors (Lipinski definition) is 6. The summed E-state index contributed by atoms with van der Waals surface area (Å²) in [6, 6.07) is 4.25. The lowest BCUT2D eigenvalue weighted by Crippen LogP contribution is -2.31. The van der Waals surface area contributed by atoms with Crippen LogP contribution in [0.2, 0.25) is 0 Å². The van der Waals surface area contributed by atoms with E-state index in [1.54, 1.807) is 26.8 Å². The maximum Gasteiger partial charge on any atom is 0.311 e. The monoisotopic (exact) mass is 416 g/mol. The van der Waals surface area contributed by atoms with Crippen molar-refractivity contribution >= 4 is 16.1 Å². The van der Waals surface area contributed by atoms with Crippen LogP contribution in [-0.2, 0) is 19.6 Å². The van der Waals surface area contributed by atoms with Gasteiger partial charge in [-0.15, -0.1) is 0 Å². The summed E-state index contributed by atoms with van der Waals surface area (Å²) in [5.41, 5.74) is -0.324. The number of unbranched alkanes of at least 4 members (excludes halogenated alkanes) is 1. The predicted octanol–water partition coefficient (Wildman–Crippen LogP) is 4.00. The minimum atomic E-state index is -4.26. The van der Waals surface area contributed by atoms with Gasteiger partial charge in [0.15, 0.2) is 11.5 Å². The first kappa shape index (κ1) is 24.2. The number of benzene rings is 1. The molecule has 0 saturated carbocycles. The zero-order chi connectivity index (χ0) is 21.5. The van der Waals surface area contributed by atoms with Crippen LogP contribution in [0.3, 0.4) is 0 Å². The quantitative estimate of drug-likeness (QED) is 0.216. The van der Waals surface area contributed by atoms with E-state index in [-0.39, 0.29) is 36.7 Å². The van der Waals surface area contributed by atoms with E-state index in [0.717, 1.165) is 12.8 Å². The first-order chi connectivity index (χ1) is 12.9. The SMILES string of the molecule is CCCCOC(=O)C(C)(C)CC(CC(CC)S(=O)(=O)O)c1ccc(O)c(O)c1. The molecule has 28 heavy (non-hydrogen) atoms. The van der Waals surface area contributed by atoms with Gasteiger partial charge in [0.25, 0.3) is 10.1 Å². The summed E-state index contributed by atoms with van der Waals surface area (Å²) >= 11 is 0. The highest BCUT2D eigenvalue weighted by Crippen LogP contribution is 2.39. The molecule has 3 N–H and O–H groups in total. The van der Waals surface area contributed by atoms with Crippen molar-refractivity contribution in [1.29, 1.82) is 0 Å². The average Bonchev–Trinajstić information content (AvgIpc) is 2.59. The van der Waals surface area contributed by atoms with Crippen LogP contribution in [0, 0.1) is 5.41 Å². The van der Waals surface area contributed by atoms with Crippen LogP contribution in [0.1, 0.15) is 71.3 Å². The molecule has 0 saturated heterocycles. The topological polar surface area (TPSA) is 121 Å². The number of aromatic hydroxyl groups is 2. The fraction of sp³-hybridized carbons (Fsp3) is 0.650. The van der Waals surface area contributed by atoms with Crippen LogP contribution in [0.4, 0.5) is 0 Å². The summed E-state index contributed by atoms with van der Waals surface area (Å²) in [4.78, 5) is 12.5. The van der Waals surface area contributed by atoms with Gasteiger partial charge in [-0.25, -0.2) is 0 Å². The Kier molecular flexibility index (Phi) is 8.75. The van der Waals surface area contributed by atoms with Crippen molar-refractivity contribution in [3.63, 3.8) is 0 Å². The molecule has 1 aromatic rings. The van der Waals surface area contributed by atoms with Gasteiger partial charge in [0.2, 0.25) is 0 Å². The Labute approximate surface area is 167 Å². The Bertz CT molecular complexity index is 756. The largest absolute Gasteiger partial charge is 0.504 e. The Morgan fingerprint density at radius 2 is 1.82 bits per heavy atom. The molecule has 8 heteroatoms. The average molecular weight is 417 g/mol. The van der Waals surface area contributed by atoms with Crippen molar-refractivity contribution < 1.29 is 32.7 Å². The van der Waals surface area contributed by atoms with Crippen molar-refractivity contribution in [3.05, 3.63) is 23.8 Å². The molecule has 0 bridgehead atoms. The second kappa shape index (κ2) is 10.1. The fourth-order valence-electron chi connectivity index (χ4n) is 3.15. The van der Waals surface area contributed by atoms with Crippen LogP contribution >= 0.6 is 0 Å². The van der Waals surface area contributed by atoms with Gasteiger partial charge in [-0.3, -0.25) is 9.35 Å². The fourth-order valence-corrected chi connectivity index (χ4v) is 4.05. The third kappa shape index (κ3) is 6.98. The molecule has 1 rings (SSSR count). The van der Waals surface area contributed by atoms with Crippen molar-refractivity contribution in [2.75, 3.05) is 6.61 Å². The smallest absolute Gasteiger partial charge is 0.311 e. The summed E-state index contributed by atoms with van der Waals surface area (Å²) in [5.74, 6) is -1.45. The lowest BCUT2D eigenvalue weighted by atomic mass is 9.77. The number of ether oxygens (including phenoxy) is 1. The van der Waals surface area contributed by atoms with Crippen LogP contribution < -0.4 is 0 Å². The molecule has 0 aromatic heterocycles. The molecule has 7 nitrogen and oxygen atoms in total. The van der Waals surface area contributed by atoms with E-state index in [9.17, 15) is 28.0 Å². The van der Waals surface area contributed by atoms with Gasteiger partial charge < -0.3 is 14.9 Å². The number of phenols is 2. The Balaban J connectivity index is 3.15. The minimum absolute atomic E-state index is 0.0746. The van der Waals surface area contributed by atoms with Crippen molar-refractivity contribution in [1.82, 2.24) is 0 Å². The normalized spacial score (nSPS) is 14.5. The summed E-state index contributed by atoms with van der Waals surface area (Å²) < 4.78 is 38.2. The van der Waals surface area contributed by atoms with Crippen molar-refractivity contribution in [2.24, 2.45) is 5.41 Å². The van der Waals surface area contributed by atoms with E-state index < -0.39 is 26.7 Å². The highest BCUT2D eigenvalue weighted by Gasteiger charge is 2.36. The van der Waals surface area contributed by atoms with E-state index in [4.69, 9.17) is 4.74 Å². The molecular weight excluding hydrogens is 384 g/mol. The zero-order valence-electron chi connectivity index (χ0n) is 17.0. The minimum Gasteiger partial charge on any atom is -0.504 e. The number of esters is 1. The van der Waals surface area contributed by atoms with Gasteiger partial charge in [-0.1, -0.05) is 26.3 Å². The molecule has 0 fully saturated rings. The molecule has 0 heterocycles. The van der Waals surface area contributed by atoms with E-state index in [2.05, 4.69) is 0 Å². The standard InChI is InChI=1S/C20H32O7S/c1-5-7-10-27-19(23)20(3,4)13-15(11-16(6-2)28(24,25)26)14-8-9-17(21)18(22)12-14/h8-9,12,15-16,21-22H,5-7,10-11,13H2,1-4H3,(H,24,25,26). The Hall–Kier alpha value is -1.80. The van der Waals surface area contributed by atoms with E-state index in [0.29, 0.717) is 12.2 Å². The second-order valence-corrected chi connectivity index (χ2v) is 9.50. The summed E-state index contributed by atoms with van der Waals surface area (Å²) in [5, 5.41) is 18.4. The van der Waals surface area contributed by atoms with Crippen molar-refractivity contribution in [3.8, 4) is 11.5 Å². The Morgan fingerprint density at radius 1 is 1.18 bits per heavy atom. The van der Waals surface area contributed by atoms with Crippen molar-refractivity contribution in [2.45, 2.75) is 71.0 Å². The number of carbonyl (C=O) groups excluding carboxylic acids is 1. The maximum absolute atomic E-state index is 12.5. The van der Waals surface area contributed by atoms with Gasteiger partial charge in [-0.2, -0.15) is 8.42 Å². The van der Waals surface area contributed by atoms with Crippen LogP contribution in [0.25, 0.3) is 0 Å². The summed E-state index contributed by atoms with van der Waals surface area (Å²) in [7, 11) is -4.26. The van der Waals surface area contributed by atoms with E-state index in [1.165, 1.54) is 12.1 Å². The highest BCUT2D eigenvalue weighted by atomic mass is 32.2. The predicted molar refractivity (Wildman–Crippen MR) is 107 cm³/mol. The number of carbonyl (C=O) groups is 1. The molecule has 160 valence electrons. The lowest BCUT2D eigenvalue weighted by Gasteiger charge is -2.30. The Morgan fingerprint density at radius 3 is 2.32 bits per heavy atom. The molecule has 1 aromatic carbocycles. The van der Waals surface area contributed by atoms with Crippen LogP contribution in [0.15, 0.2) is 18.2 Å². The number of hydrogen-bond donors (Lipinski definition) is 3. The van der Waals surface area contributed by atoms with Gasteiger partial charge in [0.05, 0.1) is 17.3 Å². The van der Waals surface area contributed by atoms with E-state index in [1.807, 2.05) is 6.92 Å². The molecule has 0 amide bonds. The van der Waals surface area contributed by atoms with Gasteiger partial charge in [0, 0.05) is 0 Å². The highest BCUT2D eigenvalue weighted by molar-refractivity contribution is 7.86. The van der Waals surface area contributed by atoms with E-state index >= 15 is 0 Å². The first-order valence-corrected chi connectivity index (χ1v) is 11.1. The summed E-state index contributed by atoms with van der Waals surface area (Å²) in [6.07, 6.45) is 2.20. The lowest BCUT2D eigenvalue weighted by molar-refractivity contribution is -0.154. The first-order valence-electron chi connectivity index (χ1n) is 9.57. The molecule has 2 unspecified atom stereocenters. The molecule has 0 spiro atoms. The van der Waals surface area contributed by atoms with Gasteiger partial charge in [-0.05, 0) is 63.1 Å². The van der Waals surface area contributed by atoms with Gasteiger partial charge in [0.1, 0.15) is 0 Å². The third-order valence-corrected chi connectivity index (χ3v) is 6.30.